The lowest BCUT2D eigenvalue weighted by molar-refractivity contribution is 0.627. The summed E-state index contributed by atoms with van der Waals surface area (Å²) < 4.78 is 1.24. The number of rotatable bonds is 5. The van der Waals surface area contributed by atoms with Crippen molar-refractivity contribution >= 4 is 34.2 Å². The summed E-state index contributed by atoms with van der Waals surface area (Å²) in [7, 11) is 0. The Hall–Kier alpha value is -0.580. The van der Waals surface area contributed by atoms with E-state index >= 15 is 0 Å². The third kappa shape index (κ3) is 3.74. The van der Waals surface area contributed by atoms with Crippen LogP contribution in [-0.4, -0.2) is 6.54 Å². The zero-order valence-corrected chi connectivity index (χ0v) is 14.7. The van der Waals surface area contributed by atoms with Gasteiger partial charge in [-0.15, -0.1) is 0 Å². The van der Waals surface area contributed by atoms with E-state index in [0.717, 1.165) is 18.0 Å². The van der Waals surface area contributed by atoms with Crippen LogP contribution in [0.5, 0.6) is 0 Å². The highest BCUT2D eigenvalue weighted by atomic mass is 127. The van der Waals surface area contributed by atoms with Crippen molar-refractivity contribution in [2.24, 2.45) is 0 Å². The molecule has 3 heteroatoms. The minimum atomic E-state index is 0.192. The molecule has 0 fully saturated rings. The average molecular weight is 400 g/mol. The second kappa shape index (κ2) is 7.43. The van der Waals surface area contributed by atoms with E-state index < -0.39 is 0 Å². The van der Waals surface area contributed by atoms with Gasteiger partial charge in [0.2, 0.25) is 0 Å². The Bertz CT molecular complexity index is 583. The molecule has 1 unspecified atom stereocenters. The van der Waals surface area contributed by atoms with Gasteiger partial charge in [0.25, 0.3) is 0 Å². The lowest BCUT2D eigenvalue weighted by atomic mass is 9.96. The van der Waals surface area contributed by atoms with Crippen molar-refractivity contribution < 1.29 is 0 Å². The fraction of sp³-hybridized carbons (Fsp3) is 0.294. The zero-order valence-electron chi connectivity index (χ0n) is 11.8. The smallest absolute Gasteiger partial charge is 0.0587 e. The number of benzene rings is 2. The van der Waals surface area contributed by atoms with Crippen LogP contribution in [-0.2, 0) is 6.42 Å². The van der Waals surface area contributed by atoms with E-state index in [1.165, 1.54) is 20.3 Å². The van der Waals surface area contributed by atoms with Gasteiger partial charge in [0, 0.05) is 8.59 Å². The Balaban J connectivity index is 2.46. The monoisotopic (exact) mass is 399 g/mol. The van der Waals surface area contributed by atoms with Crippen LogP contribution in [0.4, 0.5) is 0 Å². The molecule has 0 amide bonds. The average Bonchev–Trinajstić information content (AvgIpc) is 2.47. The molecule has 1 N–H and O–H groups in total. The molecule has 106 valence electrons. The molecule has 0 aliphatic heterocycles. The van der Waals surface area contributed by atoms with Crippen molar-refractivity contribution in [3.05, 3.63) is 67.7 Å². The van der Waals surface area contributed by atoms with Crippen LogP contribution < -0.4 is 5.32 Å². The quantitative estimate of drug-likeness (QED) is 0.681. The van der Waals surface area contributed by atoms with Gasteiger partial charge in [-0.1, -0.05) is 49.7 Å². The first-order valence-electron chi connectivity index (χ1n) is 6.92. The number of hydrogen-bond donors (Lipinski definition) is 1. The standard InChI is InChI=1S/C17H19ClIN/c1-3-12-6-5-7-13(10-12)17(20-4-2)15-11-14(18)8-9-16(15)19/h5-11,17,20H,3-4H2,1-2H3. The summed E-state index contributed by atoms with van der Waals surface area (Å²) in [6.07, 6.45) is 1.05. The molecule has 0 aliphatic rings. The first kappa shape index (κ1) is 15.8. The van der Waals surface area contributed by atoms with Crippen molar-refractivity contribution in [2.75, 3.05) is 6.54 Å². The predicted molar refractivity (Wildman–Crippen MR) is 95.5 cm³/mol. The maximum atomic E-state index is 6.18. The van der Waals surface area contributed by atoms with Crippen molar-refractivity contribution in [1.29, 1.82) is 0 Å². The van der Waals surface area contributed by atoms with Crippen LogP contribution in [0.2, 0.25) is 5.02 Å². The third-order valence-electron chi connectivity index (χ3n) is 3.37. The van der Waals surface area contributed by atoms with Gasteiger partial charge in [-0.2, -0.15) is 0 Å². The molecule has 0 saturated heterocycles. The Morgan fingerprint density at radius 1 is 1.15 bits per heavy atom. The van der Waals surface area contributed by atoms with Crippen LogP contribution in [0.15, 0.2) is 42.5 Å². The maximum Gasteiger partial charge on any atom is 0.0587 e. The molecule has 1 atom stereocenters. The molecule has 0 bridgehead atoms. The minimum absolute atomic E-state index is 0.192. The maximum absolute atomic E-state index is 6.18. The van der Waals surface area contributed by atoms with Crippen molar-refractivity contribution in [3.63, 3.8) is 0 Å². The van der Waals surface area contributed by atoms with E-state index in [9.17, 15) is 0 Å². The molecule has 0 saturated carbocycles. The van der Waals surface area contributed by atoms with Crippen LogP contribution in [0.3, 0.4) is 0 Å². The van der Waals surface area contributed by atoms with E-state index in [2.05, 4.69) is 78.2 Å². The lowest BCUT2D eigenvalue weighted by Crippen LogP contribution is -2.23. The largest absolute Gasteiger partial charge is 0.306 e. The highest BCUT2D eigenvalue weighted by Gasteiger charge is 2.16. The van der Waals surface area contributed by atoms with Gasteiger partial charge >= 0.3 is 0 Å². The predicted octanol–water partition coefficient (Wildman–Crippen LogP) is 5.21. The molecular formula is C17H19ClIN. The molecule has 0 spiro atoms. The molecule has 2 aromatic carbocycles. The SMILES string of the molecule is CCNC(c1cccc(CC)c1)c1cc(Cl)ccc1I. The Labute approximate surface area is 139 Å². The molecule has 0 aromatic heterocycles. The van der Waals surface area contributed by atoms with Crippen LogP contribution >= 0.6 is 34.2 Å². The summed E-state index contributed by atoms with van der Waals surface area (Å²) in [6, 6.07) is 15.1. The summed E-state index contributed by atoms with van der Waals surface area (Å²) >= 11 is 8.55. The van der Waals surface area contributed by atoms with Gasteiger partial charge in [-0.05, 0) is 70.4 Å². The molecule has 0 heterocycles. The van der Waals surface area contributed by atoms with Crippen LogP contribution in [0.1, 0.15) is 36.6 Å². The fourth-order valence-corrected chi connectivity index (χ4v) is 3.17. The summed E-state index contributed by atoms with van der Waals surface area (Å²) in [5.74, 6) is 0. The van der Waals surface area contributed by atoms with E-state index in [1.54, 1.807) is 0 Å². The van der Waals surface area contributed by atoms with E-state index in [1.807, 2.05) is 6.07 Å². The van der Waals surface area contributed by atoms with Gasteiger partial charge in [-0.3, -0.25) is 0 Å². The van der Waals surface area contributed by atoms with Crippen molar-refractivity contribution in [1.82, 2.24) is 5.32 Å². The van der Waals surface area contributed by atoms with Gasteiger partial charge in [0.05, 0.1) is 6.04 Å². The first-order valence-corrected chi connectivity index (χ1v) is 8.38. The first-order chi connectivity index (χ1) is 9.65. The normalized spacial score (nSPS) is 12.4. The molecule has 1 nitrogen and oxygen atoms in total. The molecule has 0 radical (unpaired) electrons. The lowest BCUT2D eigenvalue weighted by Gasteiger charge is -2.21. The van der Waals surface area contributed by atoms with Gasteiger partial charge in [0.1, 0.15) is 0 Å². The Kier molecular flexibility index (Phi) is 5.87. The number of halogens is 2. The molecule has 2 aromatic rings. The molecule has 20 heavy (non-hydrogen) atoms. The summed E-state index contributed by atoms with van der Waals surface area (Å²) in [4.78, 5) is 0. The highest BCUT2D eigenvalue weighted by molar-refractivity contribution is 14.1. The molecule has 0 aliphatic carbocycles. The second-order valence-corrected chi connectivity index (χ2v) is 6.35. The Morgan fingerprint density at radius 2 is 1.95 bits per heavy atom. The highest BCUT2D eigenvalue weighted by Crippen LogP contribution is 2.29. The number of nitrogens with one attached hydrogen (secondary N) is 1. The topological polar surface area (TPSA) is 12.0 Å². The molecular weight excluding hydrogens is 381 g/mol. The van der Waals surface area contributed by atoms with Gasteiger partial charge in [0.15, 0.2) is 0 Å². The third-order valence-corrected chi connectivity index (χ3v) is 4.59. The summed E-state index contributed by atoms with van der Waals surface area (Å²) in [5, 5.41) is 4.36. The zero-order chi connectivity index (χ0) is 14.5. The van der Waals surface area contributed by atoms with Gasteiger partial charge in [-0.25, -0.2) is 0 Å². The van der Waals surface area contributed by atoms with E-state index in [-0.39, 0.29) is 6.04 Å². The van der Waals surface area contributed by atoms with E-state index in [0.29, 0.717) is 0 Å². The second-order valence-electron chi connectivity index (χ2n) is 4.76. The van der Waals surface area contributed by atoms with Crippen LogP contribution in [0.25, 0.3) is 0 Å². The van der Waals surface area contributed by atoms with Crippen molar-refractivity contribution in [2.45, 2.75) is 26.3 Å². The van der Waals surface area contributed by atoms with E-state index in [4.69, 9.17) is 11.6 Å². The van der Waals surface area contributed by atoms with Gasteiger partial charge < -0.3 is 5.32 Å². The summed E-state index contributed by atoms with van der Waals surface area (Å²) in [6.45, 7) is 5.24. The Morgan fingerprint density at radius 3 is 2.65 bits per heavy atom. The van der Waals surface area contributed by atoms with Crippen molar-refractivity contribution in [3.8, 4) is 0 Å². The summed E-state index contributed by atoms with van der Waals surface area (Å²) in [5.41, 5.74) is 3.90. The molecule has 2 rings (SSSR count). The minimum Gasteiger partial charge on any atom is -0.306 e. The number of hydrogen-bond acceptors (Lipinski definition) is 1. The number of aryl methyl sites for hydroxylation is 1. The van der Waals surface area contributed by atoms with Crippen LogP contribution in [0, 0.1) is 3.57 Å². The fourth-order valence-electron chi connectivity index (χ4n) is 2.34.